The fourth-order valence-corrected chi connectivity index (χ4v) is 3.53. The summed E-state index contributed by atoms with van der Waals surface area (Å²) in [6.07, 6.45) is 3.88. The molecule has 0 radical (unpaired) electrons. The van der Waals surface area contributed by atoms with Crippen molar-refractivity contribution in [1.29, 1.82) is 0 Å². The van der Waals surface area contributed by atoms with Gasteiger partial charge in [0.1, 0.15) is 5.82 Å². The minimum Gasteiger partial charge on any atom is -0.481 e. The van der Waals surface area contributed by atoms with E-state index >= 15 is 0 Å². The number of piperidine rings is 1. The first-order valence-corrected chi connectivity index (χ1v) is 9.54. The minimum absolute atomic E-state index is 0.0159. The van der Waals surface area contributed by atoms with Crippen LogP contribution in [0.2, 0.25) is 0 Å². The first-order chi connectivity index (χ1) is 13.4. The maximum absolute atomic E-state index is 13.4. The number of nitrogens with zero attached hydrogens (tertiary/aromatic N) is 3. The summed E-state index contributed by atoms with van der Waals surface area (Å²) in [4.78, 5) is 29.6. The van der Waals surface area contributed by atoms with Gasteiger partial charge in [-0.15, -0.1) is 0 Å². The molecule has 0 bridgehead atoms. The first kappa shape index (κ1) is 20.0. The number of aryl methyl sites for hydroxylation is 2. The van der Waals surface area contributed by atoms with Crippen molar-refractivity contribution < 1.29 is 23.6 Å². The maximum atomic E-state index is 13.4. The molecule has 1 aliphatic heterocycles. The van der Waals surface area contributed by atoms with E-state index in [1.807, 2.05) is 0 Å². The van der Waals surface area contributed by atoms with Crippen LogP contribution < -0.4 is 0 Å². The van der Waals surface area contributed by atoms with E-state index in [2.05, 4.69) is 10.1 Å². The van der Waals surface area contributed by atoms with E-state index in [9.17, 15) is 14.0 Å². The highest BCUT2D eigenvalue weighted by Gasteiger charge is 2.27. The average Bonchev–Trinajstić information content (AvgIpc) is 3.16. The lowest BCUT2D eigenvalue weighted by molar-refractivity contribution is -0.140. The van der Waals surface area contributed by atoms with Crippen molar-refractivity contribution in [3.05, 3.63) is 35.5 Å². The van der Waals surface area contributed by atoms with E-state index in [4.69, 9.17) is 9.63 Å². The lowest BCUT2D eigenvalue weighted by atomic mass is 9.97. The molecule has 7 nitrogen and oxygen atoms in total. The lowest BCUT2D eigenvalue weighted by Gasteiger charge is -2.35. The molecule has 150 valence electrons. The molecule has 1 atom stereocenters. The summed E-state index contributed by atoms with van der Waals surface area (Å²) in [7, 11) is 0. The molecule has 0 spiro atoms. The van der Waals surface area contributed by atoms with Crippen LogP contribution in [0.5, 0.6) is 0 Å². The number of carbonyl (C=O) groups is 2. The highest BCUT2D eigenvalue weighted by molar-refractivity contribution is 5.77. The zero-order chi connectivity index (χ0) is 20.1. The van der Waals surface area contributed by atoms with Gasteiger partial charge in [-0.05, 0) is 56.4 Å². The third-order valence-electron chi connectivity index (χ3n) is 5.08. The Hall–Kier alpha value is -2.77. The van der Waals surface area contributed by atoms with Crippen LogP contribution in [0.4, 0.5) is 4.39 Å². The molecule has 1 aromatic heterocycles. The van der Waals surface area contributed by atoms with Gasteiger partial charge in [-0.2, -0.15) is 4.98 Å². The number of benzene rings is 1. The molecule has 8 heteroatoms. The number of halogens is 1. The number of rotatable bonds is 7. The van der Waals surface area contributed by atoms with Crippen molar-refractivity contribution in [1.82, 2.24) is 15.0 Å². The third kappa shape index (κ3) is 4.94. The van der Waals surface area contributed by atoms with Gasteiger partial charge in [0.25, 0.3) is 0 Å². The molecule has 0 saturated carbocycles. The number of aromatic nitrogens is 2. The summed E-state index contributed by atoms with van der Waals surface area (Å²) < 4.78 is 18.6. The molecule has 1 N–H and O–H groups in total. The number of amides is 1. The lowest BCUT2D eigenvalue weighted by Crippen LogP contribution is -2.44. The minimum atomic E-state index is -0.840. The van der Waals surface area contributed by atoms with E-state index in [-0.39, 0.29) is 30.6 Å². The number of hydrogen-bond donors (Lipinski definition) is 1. The predicted octanol–water partition coefficient (Wildman–Crippen LogP) is 3.36. The van der Waals surface area contributed by atoms with Crippen LogP contribution in [0.1, 0.15) is 50.0 Å². The Labute approximate surface area is 162 Å². The Bertz CT molecular complexity index is 852. The number of hydrogen-bond acceptors (Lipinski definition) is 5. The van der Waals surface area contributed by atoms with Crippen molar-refractivity contribution in [2.75, 3.05) is 6.54 Å². The summed E-state index contributed by atoms with van der Waals surface area (Å²) in [6.45, 7) is 2.32. The Morgan fingerprint density at radius 1 is 1.32 bits per heavy atom. The van der Waals surface area contributed by atoms with Gasteiger partial charge in [0, 0.05) is 37.4 Å². The summed E-state index contributed by atoms with van der Waals surface area (Å²) in [6, 6.07) is 4.58. The number of carboxylic acid groups (broad SMARTS) is 1. The van der Waals surface area contributed by atoms with E-state index in [1.165, 1.54) is 6.07 Å². The second kappa shape index (κ2) is 8.95. The van der Waals surface area contributed by atoms with Gasteiger partial charge in [-0.1, -0.05) is 5.16 Å². The summed E-state index contributed by atoms with van der Waals surface area (Å²) >= 11 is 0. The van der Waals surface area contributed by atoms with Gasteiger partial charge in [-0.3, -0.25) is 9.59 Å². The monoisotopic (exact) mass is 389 g/mol. The van der Waals surface area contributed by atoms with Gasteiger partial charge in [0.2, 0.25) is 17.6 Å². The number of carbonyl (C=O) groups excluding carboxylic acids is 1. The standard InChI is InChI=1S/C20H24FN3O4/c1-13-12-14(5-7-16(13)21)20-22-17(28-23-20)8-9-18(25)24-11-3-2-4-15(24)6-10-19(26)27/h5,7,12,15H,2-4,6,8-11H2,1H3,(H,26,27). The van der Waals surface area contributed by atoms with Crippen LogP contribution >= 0.6 is 0 Å². The molecule has 2 heterocycles. The van der Waals surface area contributed by atoms with Crippen molar-refractivity contribution >= 4 is 11.9 Å². The highest BCUT2D eigenvalue weighted by atomic mass is 19.1. The molecule has 1 unspecified atom stereocenters. The van der Waals surface area contributed by atoms with Crippen LogP contribution in [-0.4, -0.2) is 44.6 Å². The largest absolute Gasteiger partial charge is 0.481 e. The fraction of sp³-hybridized carbons (Fsp3) is 0.500. The predicted molar refractivity (Wildman–Crippen MR) is 99.0 cm³/mol. The topological polar surface area (TPSA) is 96.5 Å². The number of aliphatic carboxylic acids is 1. The number of carboxylic acids is 1. The Balaban J connectivity index is 1.58. The Kier molecular flexibility index (Phi) is 6.38. The van der Waals surface area contributed by atoms with Crippen molar-refractivity contribution in [3.63, 3.8) is 0 Å². The molecule has 1 saturated heterocycles. The van der Waals surface area contributed by atoms with Crippen molar-refractivity contribution in [2.45, 2.75) is 57.9 Å². The molecular weight excluding hydrogens is 365 g/mol. The van der Waals surface area contributed by atoms with Gasteiger partial charge in [0.15, 0.2) is 0 Å². The quantitative estimate of drug-likeness (QED) is 0.780. The van der Waals surface area contributed by atoms with Gasteiger partial charge in [0.05, 0.1) is 0 Å². The zero-order valence-electron chi connectivity index (χ0n) is 15.9. The van der Waals surface area contributed by atoms with Crippen LogP contribution in [0.25, 0.3) is 11.4 Å². The average molecular weight is 389 g/mol. The van der Waals surface area contributed by atoms with E-state index < -0.39 is 5.97 Å². The summed E-state index contributed by atoms with van der Waals surface area (Å²) in [5.74, 6) is -0.441. The van der Waals surface area contributed by atoms with Gasteiger partial charge in [-0.25, -0.2) is 4.39 Å². The molecule has 1 aliphatic rings. The number of likely N-dealkylation sites (tertiary alicyclic amines) is 1. The molecular formula is C20H24FN3O4. The Morgan fingerprint density at radius 2 is 2.14 bits per heavy atom. The molecule has 1 amide bonds. The molecule has 0 aliphatic carbocycles. The third-order valence-corrected chi connectivity index (χ3v) is 5.08. The van der Waals surface area contributed by atoms with Crippen LogP contribution in [0, 0.1) is 12.7 Å². The molecule has 3 rings (SSSR count). The fourth-order valence-electron chi connectivity index (χ4n) is 3.53. The molecule has 28 heavy (non-hydrogen) atoms. The smallest absolute Gasteiger partial charge is 0.303 e. The summed E-state index contributed by atoms with van der Waals surface area (Å²) in [5, 5.41) is 12.8. The zero-order valence-corrected chi connectivity index (χ0v) is 15.9. The second-order valence-corrected chi connectivity index (χ2v) is 7.14. The van der Waals surface area contributed by atoms with Gasteiger partial charge < -0.3 is 14.5 Å². The van der Waals surface area contributed by atoms with E-state index in [0.717, 1.165) is 19.3 Å². The second-order valence-electron chi connectivity index (χ2n) is 7.14. The van der Waals surface area contributed by atoms with Crippen LogP contribution in [0.15, 0.2) is 22.7 Å². The highest BCUT2D eigenvalue weighted by Crippen LogP contribution is 2.23. The first-order valence-electron chi connectivity index (χ1n) is 9.54. The van der Waals surface area contributed by atoms with Crippen molar-refractivity contribution in [3.8, 4) is 11.4 Å². The Morgan fingerprint density at radius 3 is 2.89 bits per heavy atom. The van der Waals surface area contributed by atoms with Crippen LogP contribution in [-0.2, 0) is 16.0 Å². The normalized spacial score (nSPS) is 16.9. The van der Waals surface area contributed by atoms with Crippen molar-refractivity contribution in [2.24, 2.45) is 0 Å². The molecule has 1 fully saturated rings. The van der Waals surface area contributed by atoms with Gasteiger partial charge >= 0.3 is 5.97 Å². The molecule has 1 aromatic carbocycles. The van der Waals surface area contributed by atoms with Crippen LogP contribution in [0.3, 0.4) is 0 Å². The maximum Gasteiger partial charge on any atom is 0.303 e. The molecule has 2 aromatic rings. The van der Waals surface area contributed by atoms with E-state index in [1.54, 1.807) is 24.0 Å². The van der Waals surface area contributed by atoms with E-state index in [0.29, 0.717) is 42.2 Å². The summed E-state index contributed by atoms with van der Waals surface area (Å²) in [5.41, 5.74) is 1.15. The SMILES string of the molecule is Cc1cc(-c2noc(CCC(=O)N3CCCCC3CCC(=O)O)n2)ccc1F.